The number of hydrogen-bond donors (Lipinski definition) is 2. The van der Waals surface area contributed by atoms with Gasteiger partial charge in [-0.15, -0.1) is 0 Å². The van der Waals surface area contributed by atoms with Crippen molar-refractivity contribution >= 4 is 11.7 Å². The van der Waals surface area contributed by atoms with Gasteiger partial charge in [-0.25, -0.2) is 0 Å². The maximum absolute atomic E-state index is 12.0. The number of nitrogens with one attached hydrogen (secondary N) is 1. The summed E-state index contributed by atoms with van der Waals surface area (Å²) in [6.07, 6.45) is 3.72. The molecule has 0 radical (unpaired) electrons. The predicted molar refractivity (Wildman–Crippen MR) is 83.1 cm³/mol. The maximum atomic E-state index is 12.0. The minimum Gasteiger partial charge on any atom is -0.353 e. The van der Waals surface area contributed by atoms with Crippen molar-refractivity contribution in [2.75, 3.05) is 6.54 Å². The lowest BCUT2D eigenvalue weighted by molar-refractivity contribution is -0.122. The molecule has 2 atom stereocenters. The van der Waals surface area contributed by atoms with Gasteiger partial charge in [0.25, 0.3) is 0 Å². The lowest BCUT2D eigenvalue weighted by Crippen LogP contribution is -2.39. The van der Waals surface area contributed by atoms with E-state index in [1.54, 1.807) is 0 Å². The molecule has 0 saturated heterocycles. The molecule has 21 heavy (non-hydrogen) atoms. The summed E-state index contributed by atoms with van der Waals surface area (Å²) >= 11 is 0. The van der Waals surface area contributed by atoms with E-state index in [1.807, 2.05) is 31.2 Å². The van der Waals surface area contributed by atoms with E-state index in [-0.39, 0.29) is 30.6 Å². The zero-order valence-corrected chi connectivity index (χ0v) is 12.6. The molecule has 0 heterocycles. The molecule has 0 aliphatic heterocycles. The van der Waals surface area contributed by atoms with E-state index in [0.29, 0.717) is 18.0 Å². The minimum absolute atomic E-state index is 0.0203. The van der Waals surface area contributed by atoms with Crippen LogP contribution in [0.3, 0.4) is 0 Å². The smallest absolute Gasteiger partial charge is 0.220 e. The fourth-order valence-corrected chi connectivity index (χ4v) is 2.90. The highest BCUT2D eigenvalue weighted by Gasteiger charge is 2.27. The Hall–Kier alpha value is -1.68. The van der Waals surface area contributed by atoms with Crippen LogP contribution in [0.2, 0.25) is 0 Å². The van der Waals surface area contributed by atoms with Crippen molar-refractivity contribution in [3.63, 3.8) is 0 Å². The summed E-state index contributed by atoms with van der Waals surface area (Å²) in [4.78, 5) is 24.0. The Morgan fingerprint density at radius 3 is 2.57 bits per heavy atom. The molecular weight excluding hydrogens is 264 g/mol. The molecular formula is C17H24N2O2. The lowest BCUT2D eigenvalue weighted by atomic mass is 10.0. The third-order valence-electron chi connectivity index (χ3n) is 4.26. The summed E-state index contributed by atoms with van der Waals surface area (Å²) in [5.41, 5.74) is 7.50. The number of benzene rings is 1. The number of carbonyl (C=O) groups excluding carboxylic acids is 2. The summed E-state index contributed by atoms with van der Waals surface area (Å²) in [7, 11) is 0. The summed E-state index contributed by atoms with van der Waals surface area (Å²) in [5, 5.41) is 3.02. The number of aryl methyl sites for hydroxylation is 1. The van der Waals surface area contributed by atoms with Crippen LogP contribution in [0.5, 0.6) is 0 Å². The zero-order chi connectivity index (χ0) is 15.2. The van der Waals surface area contributed by atoms with Gasteiger partial charge < -0.3 is 11.1 Å². The fourth-order valence-electron chi connectivity index (χ4n) is 2.90. The standard InChI is InChI=1S/C17H24N2O2/c1-12-5-7-13(8-6-12)16(20)9-10-17(21)19-15-4-2-3-14(15)11-18/h5-8,14-15H,2-4,9-11,18H2,1H3,(H,19,21). The number of ketones is 1. The first-order chi connectivity index (χ1) is 10.1. The largest absolute Gasteiger partial charge is 0.353 e. The molecule has 1 fully saturated rings. The molecule has 2 rings (SSSR count). The van der Waals surface area contributed by atoms with Gasteiger partial charge in [-0.3, -0.25) is 9.59 Å². The molecule has 114 valence electrons. The van der Waals surface area contributed by atoms with Crippen LogP contribution in [0, 0.1) is 12.8 Å². The Morgan fingerprint density at radius 2 is 1.90 bits per heavy atom. The summed E-state index contributed by atoms with van der Waals surface area (Å²) < 4.78 is 0. The zero-order valence-electron chi connectivity index (χ0n) is 12.6. The van der Waals surface area contributed by atoms with Crippen LogP contribution in [0.4, 0.5) is 0 Å². The number of Topliss-reactive ketones (excluding diaryl/α,β-unsaturated/α-hetero) is 1. The average Bonchev–Trinajstić information content (AvgIpc) is 2.92. The Bertz CT molecular complexity index is 496. The molecule has 1 aromatic rings. The van der Waals surface area contributed by atoms with Crippen molar-refractivity contribution in [1.29, 1.82) is 0 Å². The van der Waals surface area contributed by atoms with Crippen LogP contribution in [-0.4, -0.2) is 24.3 Å². The number of carbonyl (C=O) groups is 2. The van der Waals surface area contributed by atoms with Crippen molar-refractivity contribution in [2.24, 2.45) is 11.7 Å². The van der Waals surface area contributed by atoms with Crippen LogP contribution in [0.1, 0.15) is 48.0 Å². The molecule has 1 aromatic carbocycles. The first-order valence-electron chi connectivity index (χ1n) is 7.69. The summed E-state index contributed by atoms with van der Waals surface area (Å²) in [5.74, 6) is 0.370. The van der Waals surface area contributed by atoms with Gasteiger partial charge in [-0.2, -0.15) is 0 Å². The number of hydrogen-bond acceptors (Lipinski definition) is 3. The number of nitrogens with two attached hydrogens (primary N) is 1. The second-order valence-corrected chi connectivity index (χ2v) is 5.89. The van der Waals surface area contributed by atoms with E-state index < -0.39 is 0 Å². The Morgan fingerprint density at radius 1 is 1.19 bits per heavy atom. The third kappa shape index (κ3) is 4.39. The van der Waals surface area contributed by atoms with Gasteiger partial charge in [0.15, 0.2) is 5.78 Å². The molecule has 1 aliphatic carbocycles. The highest BCUT2D eigenvalue weighted by Crippen LogP contribution is 2.24. The van der Waals surface area contributed by atoms with E-state index in [2.05, 4.69) is 5.32 Å². The topological polar surface area (TPSA) is 72.2 Å². The normalized spacial score (nSPS) is 21.2. The van der Waals surface area contributed by atoms with Crippen molar-refractivity contribution in [1.82, 2.24) is 5.32 Å². The van der Waals surface area contributed by atoms with Crippen LogP contribution in [0.15, 0.2) is 24.3 Å². The van der Waals surface area contributed by atoms with Gasteiger partial charge in [0, 0.05) is 24.4 Å². The number of amides is 1. The maximum Gasteiger partial charge on any atom is 0.220 e. The second-order valence-electron chi connectivity index (χ2n) is 5.89. The summed E-state index contributed by atoms with van der Waals surface area (Å²) in [6.45, 7) is 2.60. The molecule has 1 aliphatic rings. The predicted octanol–water partition coefficient (Wildman–Crippen LogP) is 2.20. The van der Waals surface area contributed by atoms with Crippen molar-refractivity contribution in [3.05, 3.63) is 35.4 Å². The summed E-state index contributed by atoms with van der Waals surface area (Å²) in [6, 6.07) is 7.65. The van der Waals surface area contributed by atoms with E-state index >= 15 is 0 Å². The molecule has 2 unspecified atom stereocenters. The molecule has 4 heteroatoms. The highest BCUT2D eigenvalue weighted by atomic mass is 16.2. The molecule has 0 bridgehead atoms. The quantitative estimate of drug-likeness (QED) is 0.788. The Balaban J connectivity index is 1.78. The van der Waals surface area contributed by atoms with E-state index in [9.17, 15) is 9.59 Å². The molecule has 3 N–H and O–H groups in total. The van der Waals surface area contributed by atoms with Crippen molar-refractivity contribution in [2.45, 2.75) is 45.1 Å². The monoisotopic (exact) mass is 288 g/mol. The van der Waals surface area contributed by atoms with E-state index in [4.69, 9.17) is 5.73 Å². The third-order valence-corrected chi connectivity index (χ3v) is 4.26. The van der Waals surface area contributed by atoms with Gasteiger partial charge in [-0.05, 0) is 32.2 Å². The van der Waals surface area contributed by atoms with Crippen molar-refractivity contribution in [3.8, 4) is 0 Å². The van der Waals surface area contributed by atoms with Crippen LogP contribution < -0.4 is 11.1 Å². The fraction of sp³-hybridized carbons (Fsp3) is 0.529. The van der Waals surface area contributed by atoms with Crippen LogP contribution in [0.25, 0.3) is 0 Å². The van der Waals surface area contributed by atoms with Crippen molar-refractivity contribution < 1.29 is 9.59 Å². The van der Waals surface area contributed by atoms with Crippen LogP contribution >= 0.6 is 0 Å². The van der Waals surface area contributed by atoms with E-state index in [1.165, 1.54) is 0 Å². The lowest BCUT2D eigenvalue weighted by Gasteiger charge is -2.19. The van der Waals surface area contributed by atoms with Gasteiger partial charge in [-0.1, -0.05) is 36.2 Å². The molecule has 4 nitrogen and oxygen atoms in total. The van der Waals surface area contributed by atoms with Crippen LogP contribution in [-0.2, 0) is 4.79 Å². The minimum atomic E-state index is -0.0409. The second kappa shape index (κ2) is 7.36. The van der Waals surface area contributed by atoms with Gasteiger partial charge in [0.2, 0.25) is 5.91 Å². The average molecular weight is 288 g/mol. The molecule has 1 saturated carbocycles. The highest BCUT2D eigenvalue weighted by molar-refractivity contribution is 5.97. The Kier molecular flexibility index (Phi) is 5.51. The van der Waals surface area contributed by atoms with E-state index in [0.717, 1.165) is 24.8 Å². The first-order valence-corrected chi connectivity index (χ1v) is 7.69. The molecule has 1 amide bonds. The number of rotatable bonds is 6. The SMILES string of the molecule is Cc1ccc(C(=O)CCC(=O)NC2CCCC2CN)cc1. The van der Waals surface area contributed by atoms with Gasteiger partial charge >= 0.3 is 0 Å². The van der Waals surface area contributed by atoms with Gasteiger partial charge in [0.1, 0.15) is 0 Å². The Labute approximate surface area is 126 Å². The first kappa shape index (κ1) is 15.7. The van der Waals surface area contributed by atoms with Gasteiger partial charge in [0.05, 0.1) is 0 Å². The molecule has 0 spiro atoms. The molecule has 0 aromatic heterocycles.